The third-order valence-corrected chi connectivity index (χ3v) is 10.3. The first-order valence-electron chi connectivity index (χ1n) is 16.5. The summed E-state index contributed by atoms with van der Waals surface area (Å²) in [5.41, 5.74) is 6.93. The van der Waals surface area contributed by atoms with Gasteiger partial charge in [0.05, 0.1) is 17.5 Å². The predicted molar refractivity (Wildman–Crippen MR) is 169 cm³/mol. The zero-order chi connectivity index (χ0) is 28.4. The Kier molecular flexibility index (Phi) is 8.69. The Labute approximate surface area is 246 Å². The third kappa shape index (κ3) is 6.80. The van der Waals surface area contributed by atoms with Gasteiger partial charge in [-0.3, -0.25) is 4.98 Å². The molecule has 2 bridgehead atoms. The summed E-state index contributed by atoms with van der Waals surface area (Å²) in [6, 6.07) is 7.00. The van der Waals surface area contributed by atoms with Gasteiger partial charge in [0, 0.05) is 48.2 Å². The van der Waals surface area contributed by atoms with Crippen molar-refractivity contribution in [1.29, 1.82) is 0 Å². The fourth-order valence-electron chi connectivity index (χ4n) is 8.44. The molecule has 3 heterocycles. The molecule has 0 amide bonds. The minimum Gasteiger partial charge on any atom is -0.393 e. The lowest BCUT2D eigenvalue weighted by atomic mass is 9.71. The van der Waals surface area contributed by atoms with Gasteiger partial charge < -0.3 is 20.7 Å². The zero-order valence-corrected chi connectivity index (χ0v) is 25.5. The Balaban J connectivity index is 1.16. The SMILES string of the molecule is CCCc1cc2c(N[C@H]3CC[C@H](O)CC3)c(-c3ccc(CNCC4(C)C[C@@H]5CC[C@@H](CC(C)C5)C4)cn3)cnc2[nH]1. The van der Waals surface area contributed by atoms with Gasteiger partial charge >= 0.3 is 0 Å². The normalized spacial score (nSPS) is 30.3. The molecule has 222 valence electrons. The summed E-state index contributed by atoms with van der Waals surface area (Å²) < 4.78 is 0. The lowest BCUT2D eigenvalue weighted by Crippen LogP contribution is -2.35. The first-order valence-corrected chi connectivity index (χ1v) is 16.5. The number of aryl methyl sites for hydroxylation is 1. The fraction of sp³-hybridized carbons (Fsp3) is 0.657. The maximum atomic E-state index is 10.0. The lowest BCUT2D eigenvalue weighted by Gasteiger charge is -2.36. The van der Waals surface area contributed by atoms with Crippen LogP contribution in [0.4, 0.5) is 5.69 Å². The number of hydrogen-bond donors (Lipinski definition) is 4. The number of anilines is 1. The molecule has 4 N–H and O–H groups in total. The molecule has 0 spiro atoms. The molecule has 0 saturated heterocycles. The number of aliphatic hydroxyl groups excluding tert-OH is 1. The molecule has 6 rings (SSSR count). The highest BCUT2D eigenvalue weighted by atomic mass is 16.3. The number of rotatable bonds is 9. The Morgan fingerprint density at radius 1 is 1.00 bits per heavy atom. The molecule has 3 aliphatic carbocycles. The summed E-state index contributed by atoms with van der Waals surface area (Å²) in [5, 5.41) is 18.9. The monoisotopic (exact) mass is 557 g/mol. The summed E-state index contributed by atoms with van der Waals surface area (Å²) in [5.74, 6) is 2.74. The van der Waals surface area contributed by atoms with Gasteiger partial charge in [0.2, 0.25) is 0 Å². The van der Waals surface area contributed by atoms with E-state index in [0.29, 0.717) is 11.5 Å². The van der Waals surface area contributed by atoms with Gasteiger partial charge in [-0.1, -0.05) is 46.1 Å². The summed E-state index contributed by atoms with van der Waals surface area (Å²) >= 11 is 0. The van der Waals surface area contributed by atoms with Crippen LogP contribution in [-0.2, 0) is 13.0 Å². The maximum absolute atomic E-state index is 10.0. The molecule has 3 aliphatic rings. The Morgan fingerprint density at radius 3 is 2.44 bits per heavy atom. The van der Waals surface area contributed by atoms with E-state index in [1.165, 1.54) is 49.8 Å². The standard InChI is InChI=1S/C35H51N5O/c1-4-5-28-16-30-33(39-27-9-11-29(41)12-10-27)31(21-38-34(30)40-28)32-13-8-26(20-37-32)19-36-22-35(3)17-24-6-7-25(18-35)15-23(2)14-24/h8,13,16,20-21,23-25,27,29,36,41H,4-7,9-12,14-15,17-19,22H2,1-3H3,(H2,38,39,40)/t23?,24-,25+,27-,29-,35?. The number of aromatic nitrogens is 3. The van der Waals surface area contributed by atoms with Crippen LogP contribution in [0.25, 0.3) is 22.3 Å². The van der Waals surface area contributed by atoms with Crippen LogP contribution in [0.2, 0.25) is 0 Å². The number of fused-ring (bicyclic) bond motifs is 4. The van der Waals surface area contributed by atoms with E-state index < -0.39 is 0 Å². The van der Waals surface area contributed by atoms with E-state index in [0.717, 1.165) is 97.3 Å². The number of hydrogen-bond acceptors (Lipinski definition) is 5. The largest absolute Gasteiger partial charge is 0.393 e. The molecule has 4 atom stereocenters. The molecular weight excluding hydrogens is 506 g/mol. The van der Waals surface area contributed by atoms with Crippen molar-refractivity contribution < 1.29 is 5.11 Å². The van der Waals surface area contributed by atoms with Crippen molar-refractivity contribution in [1.82, 2.24) is 20.3 Å². The summed E-state index contributed by atoms with van der Waals surface area (Å²) in [4.78, 5) is 13.3. The van der Waals surface area contributed by atoms with Gasteiger partial charge in [0.25, 0.3) is 0 Å². The van der Waals surface area contributed by atoms with E-state index in [1.54, 1.807) is 0 Å². The van der Waals surface area contributed by atoms with Crippen molar-refractivity contribution in [3.05, 3.63) is 41.9 Å². The van der Waals surface area contributed by atoms with Gasteiger partial charge in [-0.05, 0) is 98.7 Å². The highest BCUT2D eigenvalue weighted by Crippen LogP contribution is 2.47. The highest BCUT2D eigenvalue weighted by Gasteiger charge is 2.37. The molecule has 6 heteroatoms. The number of nitrogens with one attached hydrogen (secondary N) is 3. The van der Waals surface area contributed by atoms with Crippen molar-refractivity contribution in [3.63, 3.8) is 0 Å². The van der Waals surface area contributed by atoms with Gasteiger partial charge in [-0.2, -0.15) is 0 Å². The van der Waals surface area contributed by atoms with Crippen LogP contribution >= 0.6 is 0 Å². The number of aromatic amines is 1. The van der Waals surface area contributed by atoms with E-state index >= 15 is 0 Å². The van der Waals surface area contributed by atoms with Crippen LogP contribution < -0.4 is 10.6 Å². The molecule has 3 aromatic heterocycles. The number of aliphatic hydroxyl groups is 1. The molecule has 3 saturated carbocycles. The minimum absolute atomic E-state index is 0.162. The second-order valence-corrected chi connectivity index (χ2v) is 14.3. The van der Waals surface area contributed by atoms with Crippen LogP contribution in [0.1, 0.15) is 103 Å². The molecule has 3 aromatic rings. The second-order valence-electron chi connectivity index (χ2n) is 14.3. The summed E-state index contributed by atoms with van der Waals surface area (Å²) in [7, 11) is 0. The average molecular weight is 558 g/mol. The van der Waals surface area contributed by atoms with Crippen LogP contribution in [-0.4, -0.2) is 38.7 Å². The quantitative estimate of drug-likeness (QED) is 0.217. The smallest absolute Gasteiger partial charge is 0.139 e. The molecule has 0 aromatic carbocycles. The summed E-state index contributed by atoms with van der Waals surface area (Å²) in [6.45, 7) is 9.16. The van der Waals surface area contributed by atoms with E-state index in [4.69, 9.17) is 9.97 Å². The van der Waals surface area contributed by atoms with Crippen molar-refractivity contribution in [2.75, 3.05) is 11.9 Å². The number of H-pyrrole nitrogens is 1. The Morgan fingerprint density at radius 2 is 1.76 bits per heavy atom. The Bertz CT molecular complexity index is 1280. The number of pyridine rings is 2. The first-order chi connectivity index (χ1) is 19.9. The van der Waals surface area contributed by atoms with Crippen molar-refractivity contribution in [2.45, 2.75) is 117 Å². The third-order valence-electron chi connectivity index (χ3n) is 10.3. The minimum atomic E-state index is -0.162. The van der Waals surface area contributed by atoms with Crippen LogP contribution in [0.15, 0.2) is 30.6 Å². The molecular formula is C35H51N5O. The van der Waals surface area contributed by atoms with Crippen LogP contribution in [0, 0.1) is 23.2 Å². The van der Waals surface area contributed by atoms with E-state index in [1.807, 2.05) is 12.4 Å². The van der Waals surface area contributed by atoms with Crippen molar-refractivity contribution >= 4 is 16.7 Å². The van der Waals surface area contributed by atoms with Gasteiger partial charge in [0.15, 0.2) is 0 Å². The van der Waals surface area contributed by atoms with Crippen molar-refractivity contribution in [2.24, 2.45) is 23.2 Å². The average Bonchev–Trinajstić information content (AvgIpc) is 3.20. The predicted octanol–water partition coefficient (Wildman–Crippen LogP) is 7.63. The van der Waals surface area contributed by atoms with Crippen molar-refractivity contribution in [3.8, 4) is 11.3 Å². The van der Waals surface area contributed by atoms with E-state index in [9.17, 15) is 5.11 Å². The first kappa shape index (κ1) is 28.7. The highest BCUT2D eigenvalue weighted by molar-refractivity contribution is 5.98. The second kappa shape index (κ2) is 12.4. The van der Waals surface area contributed by atoms with Gasteiger partial charge in [0.1, 0.15) is 5.65 Å². The molecule has 2 unspecified atom stereocenters. The van der Waals surface area contributed by atoms with Crippen LogP contribution in [0.5, 0.6) is 0 Å². The molecule has 6 nitrogen and oxygen atoms in total. The molecule has 3 fully saturated rings. The molecule has 0 aliphatic heterocycles. The molecule has 0 radical (unpaired) electrons. The maximum Gasteiger partial charge on any atom is 0.139 e. The van der Waals surface area contributed by atoms with Gasteiger partial charge in [-0.25, -0.2) is 4.98 Å². The fourth-order valence-corrected chi connectivity index (χ4v) is 8.44. The topological polar surface area (TPSA) is 85.9 Å². The lowest BCUT2D eigenvalue weighted by molar-refractivity contribution is 0.126. The van der Waals surface area contributed by atoms with Crippen LogP contribution in [0.3, 0.4) is 0 Å². The Hall–Kier alpha value is -2.44. The number of nitrogens with zero attached hydrogens (tertiary/aromatic N) is 2. The summed E-state index contributed by atoms with van der Waals surface area (Å²) in [6.07, 6.45) is 18.1. The zero-order valence-electron chi connectivity index (χ0n) is 25.5. The van der Waals surface area contributed by atoms with E-state index in [-0.39, 0.29) is 6.10 Å². The van der Waals surface area contributed by atoms with E-state index in [2.05, 4.69) is 54.6 Å². The molecule has 41 heavy (non-hydrogen) atoms. The van der Waals surface area contributed by atoms with Gasteiger partial charge in [-0.15, -0.1) is 0 Å².